The number of amides is 2. The van der Waals surface area contributed by atoms with Crippen molar-refractivity contribution < 1.29 is 9.59 Å². The van der Waals surface area contributed by atoms with Gasteiger partial charge in [-0.15, -0.1) is 0 Å². The van der Waals surface area contributed by atoms with Gasteiger partial charge in [-0.2, -0.15) is 0 Å². The van der Waals surface area contributed by atoms with Gasteiger partial charge in [0.15, 0.2) is 0 Å². The van der Waals surface area contributed by atoms with Crippen molar-refractivity contribution in [2.75, 3.05) is 38.1 Å². The summed E-state index contributed by atoms with van der Waals surface area (Å²) in [6.45, 7) is 9.63. The molecule has 30 heavy (non-hydrogen) atoms. The fraction of sp³-hybridized carbons (Fsp3) is 0.609. The van der Waals surface area contributed by atoms with E-state index in [9.17, 15) is 9.59 Å². The molecule has 7 heteroatoms. The van der Waals surface area contributed by atoms with Crippen LogP contribution >= 0.6 is 0 Å². The summed E-state index contributed by atoms with van der Waals surface area (Å²) < 4.78 is 2.04. The van der Waals surface area contributed by atoms with E-state index in [2.05, 4.69) is 38.0 Å². The number of nitrogens with one attached hydrogen (secondary N) is 1. The zero-order valence-electron chi connectivity index (χ0n) is 18.8. The second-order valence-electron chi connectivity index (χ2n) is 8.58. The number of pyridine rings is 1. The Bertz CT molecular complexity index is 889. The van der Waals surface area contributed by atoms with Crippen molar-refractivity contribution in [1.29, 1.82) is 0 Å². The molecule has 0 spiro atoms. The van der Waals surface area contributed by atoms with Gasteiger partial charge >= 0.3 is 0 Å². The maximum atomic E-state index is 12.7. The van der Waals surface area contributed by atoms with Crippen LogP contribution < -0.4 is 10.2 Å². The summed E-state index contributed by atoms with van der Waals surface area (Å²) in [5.74, 6) is 1.84. The van der Waals surface area contributed by atoms with E-state index in [-0.39, 0.29) is 11.8 Å². The quantitative estimate of drug-likeness (QED) is 0.608. The van der Waals surface area contributed by atoms with Crippen LogP contribution in [0.4, 0.5) is 5.82 Å². The minimum Gasteiger partial charge on any atom is -0.359 e. The van der Waals surface area contributed by atoms with Crippen molar-refractivity contribution >= 4 is 23.3 Å². The van der Waals surface area contributed by atoms with E-state index in [1.54, 1.807) is 0 Å². The summed E-state index contributed by atoms with van der Waals surface area (Å²) in [4.78, 5) is 33.2. The van der Waals surface area contributed by atoms with Gasteiger partial charge in [-0.05, 0) is 43.7 Å². The number of hydrogen-bond acceptors (Lipinski definition) is 4. The highest BCUT2D eigenvalue weighted by molar-refractivity contribution is 5.94. The molecule has 0 saturated carbocycles. The van der Waals surface area contributed by atoms with Crippen molar-refractivity contribution in [3.05, 3.63) is 29.6 Å². The average Bonchev–Trinajstić information content (AvgIpc) is 3.31. The third-order valence-corrected chi connectivity index (χ3v) is 5.73. The predicted molar refractivity (Wildman–Crippen MR) is 120 cm³/mol. The number of anilines is 1. The van der Waals surface area contributed by atoms with Crippen molar-refractivity contribution in [3.8, 4) is 0 Å². The zero-order valence-corrected chi connectivity index (χ0v) is 18.8. The van der Waals surface area contributed by atoms with Crippen molar-refractivity contribution in [2.24, 2.45) is 5.92 Å². The minimum absolute atomic E-state index is 0.0906. The maximum Gasteiger partial charge on any atom is 0.252 e. The van der Waals surface area contributed by atoms with Gasteiger partial charge in [-0.3, -0.25) is 14.0 Å². The van der Waals surface area contributed by atoms with Gasteiger partial charge in [0, 0.05) is 45.8 Å². The molecular formula is C23H35N5O2. The Balaban J connectivity index is 1.67. The summed E-state index contributed by atoms with van der Waals surface area (Å²) in [6, 6.07) is 3.75. The number of imidazole rings is 1. The first-order chi connectivity index (χ1) is 14.4. The molecule has 3 heterocycles. The van der Waals surface area contributed by atoms with E-state index in [0.29, 0.717) is 31.0 Å². The predicted octanol–water partition coefficient (Wildman–Crippen LogP) is 3.12. The first-order valence-corrected chi connectivity index (χ1v) is 11.2. The van der Waals surface area contributed by atoms with Crippen LogP contribution in [0.1, 0.15) is 62.5 Å². The molecule has 0 bridgehead atoms. The van der Waals surface area contributed by atoms with Crippen LogP contribution in [0.15, 0.2) is 18.3 Å². The molecule has 164 valence electrons. The summed E-state index contributed by atoms with van der Waals surface area (Å²) in [5.41, 5.74) is 2.54. The second kappa shape index (κ2) is 9.96. The molecule has 0 radical (unpaired) electrons. The van der Waals surface area contributed by atoms with Crippen LogP contribution in [0.25, 0.3) is 5.65 Å². The standard InChI is InChI=1S/C23H35N5O2/c1-5-19-23(26(4)15-11-17(2)3)28-16-18(9-10-20(28)25-19)22(30)24-12-7-14-27-13-6-8-21(27)29/h9-10,16-17H,5-8,11-15H2,1-4H3,(H,24,30). The highest BCUT2D eigenvalue weighted by atomic mass is 16.2. The Morgan fingerprint density at radius 2 is 2.13 bits per heavy atom. The number of nitrogens with zero attached hydrogens (tertiary/aromatic N) is 4. The molecule has 1 N–H and O–H groups in total. The third-order valence-electron chi connectivity index (χ3n) is 5.73. The molecule has 0 aliphatic carbocycles. The molecule has 2 amide bonds. The molecule has 1 aliphatic heterocycles. The summed E-state index contributed by atoms with van der Waals surface area (Å²) in [6.07, 6.45) is 6.22. The van der Waals surface area contributed by atoms with Gasteiger partial charge in [0.05, 0.1) is 11.3 Å². The molecule has 3 rings (SSSR count). The Morgan fingerprint density at radius 1 is 1.33 bits per heavy atom. The molecule has 1 saturated heterocycles. The van der Waals surface area contributed by atoms with Crippen molar-refractivity contribution in [2.45, 2.75) is 52.9 Å². The number of carbonyl (C=O) groups excluding carboxylic acids is 2. The number of likely N-dealkylation sites (tertiary alicyclic amines) is 1. The van der Waals surface area contributed by atoms with E-state index in [4.69, 9.17) is 4.98 Å². The Labute approximate surface area is 179 Å². The average molecular weight is 414 g/mol. The molecule has 2 aromatic heterocycles. The molecular weight excluding hydrogens is 378 g/mol. The van der Waals surface area contributed by atoms with Crippen LogP contribution in [0.3, 0.4) is 0 Å². The van der Waals surface area contributed by atoms with E-state index in [0.717, 1.165) is 55.9 Å². The zero-order chi connectivity index (χ0) is 21.7. The molecule has 1 aliphatic rings. The maximum absolute atomic E-state index is 12.7. The highest BCUT2D eigenvalue weighted by Gasteiger charge is 2.20. The SMILES string of the molecule is CCc1nc2ccc(C(=O)NCCCN3CCCC3=O)cn2c1N(C)CCC(C)C. The van der Waals surface area contributed by atoms with E-state index >= 15 is 0 Å². The Kier molecular flexibility index (Phi) is 7.34. The summed E-state index contributed by atoms with van der Waals surface area (Å²) >= 11 is 0. The van der Waals surface area contributed by atoms with E-state index < -0.39 is 0 Å². The van der Waals surface area contributed by atoms with Gasteiger partial charge in [-0.1, -0.05) is 20.8 Å². The van der Waals surface area contributed by atoms with Crippen LogP contribution in [-0.4, -0.2) is 59.3 Å². The lowest BCUT2D eigenvalue weighted by atomic mass is 10.1. The molecule has 0 aromatic carbocycles. The lowest BCUT2D eigenvalue weighted by molar-refractivity contribution is -0.127. The number of aromatic nitrogens is 2. The topological polar surface area (TPSA) is 70.0 Å². The fourth-order valence-corrected chi connectivity index (χ4v) is 3.93. The molecule has 7 nitrogen and oxygen atoms in total. The van der Waals surface area contributed by atoms with Gasteiger partial charge in [0.1, 0.15) is 11.5 Å². The monoisotopic (exact) mass is 413 g/mol. The number of rotatable bonds is 10. The summed E-state index contributed by atoms with van der Waals surface area (Å²) in [5, 5.41) is 2.99. The van der Waals surface area contributed by atoms with E-state index in [1.165, 1.54) is 0 Å². The minimum atomic E-state index is -0.0906. The largest absolute Gasteiger partial charge is 0.359 e. The van der Waals surface area contributed by atoms with Crippen molar-refractivity contribution in [3.63, 3.8) is 0 Å². The molecule has 1 fully saturated rings. The van der Waals surface area contributed by atoms with E-state index in [1.807, 2.05) is 27.6 Å². The van der Waals surface area contributed by atoms with Crippen LogP contribution in [0.2, 0.25) is 0 Å². The fourth-order valence-electron chi connectivity index (χ4n) is 3.93. The van der Waals surface area contributed by atoms with Gasteiger partial charge in [0.2, 0.25) is 5.91 Å². The van der Waals surface area contributed by atoms with Gasteiger partial charge in [0.25, 0.3) is 5.91 Å². The first kappa shape index (κ1) is 22.1. The highest BCUT2D eigenvalue weighted by Crippen LogP contribution is 2.24. The normalized spacial score (nSPS) is 14.2. The number of hydrogen-bond donors (Lipinski definition) is 1. The Morgan fingerprint density at radius 3 is 2.80 bits per heavy atom. The lowest BCUT2D eigenvalue weighted by Crippen LogP contribution is -2.30. The van der Waals surface area contributed by atoms with Crippen LogP contribution in [0.5, 0.6) is 0 Å². The first-order valence-electron chi connectivity index (χ1n) is 11.2. The number of aryl methyl sites for hydroxylation is 1. The van der Waals surface area contributed by atoms with Crippen LogP contribution in [0, 0.1) is 5.92 Å². The Hall–Kier alpha value is -2.57. The molecule has 2 aromatic rings. The molecule has 0 unspecified atom stereocenters. The second-order valence-corrected chi connectivity index (χ2v) is 8.58. The molecule has 0 atom stereocenters. The lowest BCUT2D eigenvalue weighted by Gasteiger charge is -2.21. The van der Waals surface area contributed by atoms with Crippen molar-refractivity contribution in [1.82, 2.24) is 19.6 Å². The number of carbonyl (C=O) groups is 2. The van der Waals surface area contributed by atoms with Gasteiger partial charge < -0.3 is 15.1 Å². The van der Waals surface area contributed by atoms with Gasteiger partial charge in [-0.25, -0.2) is 4.98 Å². The third kappa shape index (κ3) is 5.12. The van der Waals surface area contributed by atoms with Crippen LogP contribution in [-0.2, 0) is 11.2 Å². The smallest absolute Gasteiger partial charge is 0.252 e. The summed E-state index contributed by atoms with van der Waals surface area (Å²) in [7, 11) is 2.09. The number of fused-ring (bicyclic) bond motifs is 1.